The van der Waals surface area contributed by atoms with E-state index in [9.17, 15) is 0 Å². The van der Waals surface area contributed by atoms with Crippen molar-refractivity contribution in [3.63, 3.8) is 0 Å². The Labute approximate surface area is 118 Å². The van der Waals surface area contributed by atoms with Crippen LogP contribution in [0.5, 0.6) is 0 Å². The zero-order valence-electron chi connectivity index (χ0n) is 12.0. The van der Waals surface area contributed by atoms with E-state index in [-0.39, 0.29) is 0 Å². The second-order valence-electron chi connectivity index (χ2n) is 5.83. The summed E-state index contributed by atoms with van der Waals surface area (Å²) in [6.45, 7) is 3.26. The Morgan fingerprint density at radius 1 is 1.25 bits per heavy atom. The van der Waals surface area contributed by atoms with Crippen LogP contribution in [0, 0.1) is 5.92 Å². The summed E-state index contributed by atoms with van der Waals surface area (Å²) in [7, 11) is 4.27. The van der Waals surface area contributed by atoms with Gasteiger partial charge < -0.3 is 15.5 Å². The second-order valence-corrected chi connectivity index (χ2v) is 5.83. The Hall–Kier alpha value is -1.82. The maximum atomic E-state index is 5.89. The maximum Gasteiger partial charge on any atom is 0.160 e. The van der Waals surface area contributed by atoms with Gasteiger partial charge >= 0.3 is 0 Å². The van der Waals surface area contributed by atoms with E-state index in [0.29, 0.717) is 11.2 Å². The first-order valence-corrected chi connectivity index (χ1v) is 7.05. The van der Waals surface area contributed by atoms with Crippen LogP contribution in [0.3, 0.4) is 0 Å². The van der Waals surface area contributed by atoms with Gasteiger partial charge in [-0.3, -0.25) is 0 Å². The third-order valence-electron chi connectivity index (χ3n) is 4.00. The molecule has 2 N–H and O–H groups in total. The second kappa shape index (κ2) is 5.28. The third kappa shape index (κ3) is 2.43. The normalized spacial score (nSPS) is 17.2. The van der Waals surface area contributed by atoms with Crippen molar-refractivity contribution in [2.75, 3.05) is 44.4 Å². The first-order valence-electron chi connectivity index (χ1n) is 7.05. The molecule has 0 radical (unpaired) electrons. The Bertz CT molecular complexity index is 586. The molecule has 0 unspecified atom stereocenters. The van der Waals surface area contributed by atoms with Crippen molar-refractivity contribution >= 4 is 22.4 Å². The zero-order valence-corrected chi connectivity index (χ0v) is 12.0. The van der Waals surface area contributed by atoms with Gasteiger partial charge in [-0.2, -0.15) is 0 Å². The van der Waals surface area contributed by atoms with Crippen LogP contribution in [0.25, 0.3) is 11.0 Å². The number of anilines is 2. The molecule has 0 atom stereocenters. The summed E-state index contributed by atoms with van der Waals surface area (Å²) >= 11 is 0. The fraction of sp³-hybridized carbons (Fsp3) is 0.571. The van der Waals surface area contributed by atoms with Crippen LogP contribution in [0.15, 0.2) is 16.8 Å². The van der Waals surface area contributed by atoms with E-state index in [2.05, 4.69) is 34.2 Å². The molecule has 2 heterocycles. The van der Waals surface area contributed by atoms with Gasteiger partial charge in [0.15, 0.2) is 11.0 Å². The molecule has 2 aromatic rings. The van der Waals surface area contributed by atoms with Gasteiger partial charge in [0.05, 0.1) is 11.4 Å². The van der Waals surface area contributed by atoms with Crippen LogP contribution >= 0.6 is 0 Å². The number of nitrogens with zero attached hydrogens (tertiary/aromatic N) is 4. The molecule has 1 aromatic heterocycles. The topological polar surface area (TPSA) is 71.4 Å². The van der Waals surface area contributed by atoms with E-state index in [4.69, 9.17) is 10.4 Å². The van der Waals surface area contributed by atoms with Gasteiger partial charge in [0.1, 0.15) is 0 Å². The number of benzene rings is 1. The number of nitrogen functional groups attached to an aromatic ring is 1. The molecule has 1 fully saturated rings. The summed E-state index contributed by atoms with van der Waals surface area (Å²) in [6.07, 6.45) is 2.41. The van der Waals surface area contributed by atoms with Crippen LogP contribution < -0.4 is 10.6 Å². The highest BCUT2D eigenvalue weighted by atomic mass is 16.6. The molecule has 1 saturated heterocycles. The van der Waals surface area contributed by atoms with Crippen LogP contribution in [0.1, 0.15) is 12.8 Å². The SMILES string of the molecule is CN(C)CC1CCN(c2ccc(N)c3nonc23)CC1. The molecule has 108 valence electrons. The maximum absolute atomic E-state index is 5.89. The number of piperidine rings is 1. The molecule has 0 saturated carbocycles. The number of hydrogen-bond donors (Lipinski definition) is 1. The van der Waals surface area contributed by atoms with E-state index >= 15 is 0 Å². The lowest BCUT2D eigenvalue weighted by atomic mass is 9.96. The summed E-state index contributed by atoms with van der Waals surface area (Å²) in [4.78, 5) is 4.63. The summed E-state index contributed by atoms with van der Waals surface area (Å²) in [5.74, 6) is 0.779. The largest absolute Gasteiger partial charge is 0.397 e. The molecule has 0 spiro atoms. The van der Waals surface area contributed by atoms with Crippen LogP contribution in [0.2, 0.25) is 0 Å². The van der Waals surface area contributed by atoms with Crippen molar-refractivity contribution in [1.29, 1.82) is 0 Å². The quantitative estimate of drug-likeness (QED) is 0.858. The van der Waals surface area contributed by atoms with Gasteiger partial charge in [-0.05, 0) is 55.3 Å². The van der Waals surface area contributed by atoms with E-state index in [1.807, 2.05) is 12.1 Å². The highest BCUT2D eigenvalue weighted by molar-refractivity contribution is 5.95. The third-order valence-corrected chi connectivity index (χ3v) is 4.00. The molecule has 6 heteroatoms. The summed E-state index contributed by atoms with van der Waals surface area (Å²) in [5.41, 5.74) is 9.03. The van der Waals surface area contributed by atoms with E-state index < -0.39 is 0 Å². The summed E-state index contributed by atoms with van der Waals surface area (Å²) < 4.78 is 4.84. The lowest BCUT2D eigenvalue weighted by Gasteiger charge is -2.34. The summed E-state index contributed by atoms with van der Waals surface area (Å²) in [6, 6.07) is 3.90. The van der Waals surface area contributed by atoms with Gasteiger partial charge in [-0.1, -0.05) is 0 Å². The highest BCUT2D eigenvalue weighted by Crippen LogP contribution is 2.31. The molecule has 1 aliphatic rings. The van der Waals surface area contributed by atoms with Crippen molar-refractivity contribution in [3.8, 4) is 0 Å². The van der Waals surface area contributed by atoms with Gasteiger partial charge in [-0.25, -0.2) is 4.63 Å². The number of fused-ring (bicyclic) bond motifs is 1. The minimum Gasteiger partial charge on any atom is -0.397 e. The fourth-order valence-corrected chi connectivity index (χ4v) is 3.00. The average Bonchev–Trinajstić information content (AvgIpc) is 2.90. The first-order chi connectivity index (χ1) is 9.65. The molecular weight excluding hydrogens is 254 g/mol. The van der Waals surface area contributed by atoms with E-state index in [1.165, 1.54) is 12.8 Å². The molecule has 0 aliphatic carbocycles. The Balaban J connectivity index is 1.77. The van der Waals surface area contributed by atoms with Crippen LogP contribution in [0.4, 0.5) is 11.4 Å². The average molecular weight is 275 g/mol. The fourth-order valence-electron chi connectivity index (χ4n) is 3.00. The number of hydrogen-bond acceptors (Lipinski definition) is 6. The van der Waals surface area contributed by atoms with Gasteiger partial charge in [0, 0.05) is 19.6 Å². The number of rotatable bonds is 3. The van der Waals surface area contributed by atoms with E-state index in [0.717, 1.165) is 36.8 Å². The predicted molar refractivity (Wildman–Crippen MR) is 79.7 cm³/mol. The Kier molecular flexibility index (Phi) is 3.48. The molecule has 0 bridgehead atoms. The van der Waals surface area contributed by atoms with Gasteiger partial charge in [0.2, 0.25) is 0 Å². The molecule has 0 amide bonds. The van der Waals surface area contributed by atoms with Crippen molar-refractivity contribution in [1.82, 2.24) is 15.2 Å². The number of nitrogens with two attached hydrogens (primary N) is 1. The molecule has 3 rings (SSSR count). The first kappa shape index (κ1) is 13.2. The van der Waals surface area contributed by atoms with Crippen LogP contribution in [-0.4, -0.2) is 48.9 Å². The molecule has 1 aromatic carbocycles. The predicted octanol–water partition coefficient (Wildman–Crippen LogP) is 1.58. The highest BCUT2D eigenvalue weighted by Gasteiger charge is 2.22. The standard InChI is InChI=1S/C14H21N5O/c1-18(2)9-10-5-7-19(8-6-10)12-4-3-11(15)13-14(12)17-20-16-13/h3-4,10H,5-9,15H2,1-2H3. The zero-order chi connectivity index (χ0) is 14.1. The minimum atomic E-state index is 0.618. The van der Waals surface area contributed by atoms with Gasteiger partial charge in [-0.15, -0.1) is 0 Å². The molecule has 6 nitrogen and oxygen atoms in total. The van der Waals surface area contributed by atoms with Gasteiger partial charge in [0.25, 0.3) is 0 Å². The smallest absolute Gasteiger partial charge is 0.160 e. The number of aromatic nitrogens is 2. The Morgan fingerprint density at radius 2 is 1.95 bits per heavy atom. The van der Waals surface area contributed by atoms with Crippen molar-refractivity contribution in [2.45, 2.75) is 12.8 Å². The molecular formula is C14H21N5O. The molecule has 20 heavy (non-hydrogen) atoms. The summed E-state index contributed by atoms with van der Waals surface area (Å²) in [5, 5.41) is 7.89. The van der Waals surface area contributed by atoms with Crippen molar-refractivity contribution in [3.05, 3.63) is 12.1 Å². The van der Waals surface area contributed by atoms with Crippen molar-refractivity contribution in [2.24, 2.45) is 5.92 Å². The minimum absolute atomic E-state index is 0.618. The van der Waals surface area contributed by atoms with E-state index in [1.54, 1.807) is 0 Å². The monoisotopic (exact) mass is 275 g/mol. The van der Waals surface area contributed by atoms with Crippen molar-refractivity contribution < 1.29 is 4.63 Å². The Morgan fingerprint density at radius 3 is 2.65 bits per heavy atom. The lowest BCUT2D eigenvalue weighted by Crippen LogP contribution is -2.37. The molecule has 1 aliphatic heterocycles. The van der Waals surface area contributed by atoms with Crippen LogP contribution in [-0.2, 0) is 0 Å². The lowest BCUT2D eigenvalue weighted by molar-refractivity contribution is 0.285.